The van der Waals surface area contributed by atoms with Crippen LogP contribution in [-0.2, 0) is 17.9 Å². The first-order valence-corrected chi connectivity index (χ1v) is 10.8. The van der Waals surface area contributed by atoms with Crippen molar-refractivity contribution >= 4 is 6.09 Å². The summed E-state index contributed by atoms with van der Waals surface area (Å²) in [6.45, 7) is -2.57. The topological polar surface area (TPSA) is 258 Å². The van der Waals surface area contributed by atoms with Gasteiger partial charge in [0.15, 0.2) is 0 Å². The third-order valence-electron chi connectivity index (χ3n) is 5.35. The van der Waals surface area contributed by atoms with Gasteiger partial charge in [-0.25, -0.2) is 4.79 Å². The summed E-state index contributed by atoms with van der Waals surface area (Å²) < 4.78 is 4.69. The van der Waals surface area contributed by atoms with Crippen molar-refractivity contribution in [3.8, 4) is 0 Å². The first-order chi connectivity index (χ1) is 16.4. The second kappa shape index (κ2) is 15.2. The quantitative estimate of drug-likeness (QED) is 0.100. The molecule has 0 saturated heterocycles. The van der Waals surface area contributed by atoms with Gasteiger partial charge in [-0.15, -0.1) is 0 Å². The fraction of sp³-hybridized carbons (Fsp3) is 0.667. The molecule has 14 heteroatoms. The fourth-order valence-electron chi connectivity index (χ4n) is 3.23. The highest BCUT2D eigenvalue weighted by atomic mass is 16.5. The van der Waals surface area contributed by atoms with Gasteiger partial charge in [-0.05, 0) is 11.1 Å². The molecule has 202 valence electrons. The van der Waals surface area contributed by atoms with E-state index >= 15 is 0 Å². The van der Waals surface area contributed by atoms with Gasteiger partial charge in [-0.1, -0.05) is 24.3 Å². The van der Waals surface area contributed by atoms with Crippen LogP contribution in [-0.4, -0.2) is 137 Å². The number of hydrogen-bond donors (Lipinski definition) is 11. The van der Waals surface area contributed by atoms with E-state index in [9.17, 15) is 45.6 Å². The van der Waals surface area contributed by atoms with E-state index in [2.05, 4.69) is 0 Å². The summed E-state index contributed by atoms with van der Waals surface area (Å²) in [5, 5.41) is 97.5. The van der Waals surface area contributed by atoms with Crippen LogP contribution in [0.1, 0.15) is 11.1 Å². The van der Waals surface area contributed by atoms with Crippen LogP contribution in [0.3, 0.4) is 0 Å². The van der Waals surface area contributed by atoms with Crippen LogP contribution < -0.4 is 5.73 Å². The van der Waals surface area contributed by atoms with E-state index in [1.807, 2.05) is 0 Å². The van der Waals surface area contributed by atoms with E-state index in [-0.39, 0.29) is 13.2 Å². The number of carbonyl (C=O) groups excluding carboxylic acids is 1. The lowest BCUT2D eigenvalue weighted by Crippen LogP contribution is -2.53. The van der Waals surface area contributed by atoms with Crippen LogP contribution in [0.25, 0.3) is 0 Å². The molecule has 35 heavy (non-hydrogen) atoms. The predicted octanol–water partition coefficient (Wildman–Crippen LogP) is -5.04. The lowest BCUT2D eigenvalue weighted by atomic mass is 10.0. The number of hydrogen-bond acceptors (Lipinski definition) is 13. The smallest absolute Gasteiger partial charge is 0.404 e. The van der Waals surface area contributed by atoms with Gasteiger partial charge in [-0.2, -0.15) is 0 Å². The Morgan fingerprint density at radius 1 is 0.714 bits per heavy atom. The Kier molecular flexibility index (Phi) is 13.5. The maximum Gasteiger partial charge on any atom is 0.404 e. The monoisotopic (exact) mass is 508 g/mol. The largest absolute Gasteiger partial charge is 0.445 e. The standard InChI is InChI=1S/C21H36N2O12/c22-21(34)35-10-12-3-1-11(2-4-12)5-23(6-13(26)17(30)19(32)15(28)8-24)7-14(27)18(31)20(33)16(29)9-25/h1-4,13-20,24-33H,5-10H2,(H2,22,34)/t13-,14-,15+,16+,17+,18+,19+,20+/m0/s1. The number of carbonyl (C=O) groups is 1. The zero-order chi connectivity index (χ0) is 26.7. The van der Waals surface area contributed by atoms with Gasteiger partial charge in [0.1, 0.15) is 43.2 Å². The average Bonchev–Trinajstić information content (AvgIpc) is 2.84. The summed E-state index contributed by atoms with van der Waals surface area (Å²) in [6, 6.07) is 6.51. The molecule has 0 bridgehead atoms. The molecule has 8 atom stereocenters. The highest BCUT2D eigenvalue weighted by Gasteiger charge is 2.34. The lowest BCUT2D eigenvalue weighted by Gasteiger charge is -2.33. The molecule has 0 heterocycles. The summed E-state index contributed by atoms with van der Waals surface area (Å²) in [5.41, 5.74) is 6.16. The minimum Gasteiger partial charge on any atom is -0.445 e. The minimum atomic E-state index is -1.88. The zero-order valence-electron chi connectivity index (χ0n) is 19.0. The number of rotatable bonds is 16. The number of aliphatic hydroxyl groups is 10. The van der Waals surface area contributed by atoms with E-state index in [4.69, 9.17) is 20.7 Å². The minimum absolute atomic E-state index is 0.0157. The van der Waals surface area contributed by atoms with Gasteiger partial charge in [0.05, 0.1) is 25.4 Å². The van der Waals surface area contributed by atoms with Crippen LogP contribution in [0.15, 0.2) is 24.3 Å². The third-order valence-corrected chi connectivity index (χ3v) is 5.35. The van der Waals surface area contributed by atoms with Gasteiger partial charge < -0.3 is 61.5 Å². The van der Waals surface area contributed by atoms with Crippen molar-refractivity contribution in [1.82, 2.24) is 4.90 Å². The Hall–Kier alpha value is -1.95. The fourth-order valence-corrected chi connectivity index (χ4v) is 3.23. The van der Waals surface area contributed by atoms with Gasteiger partial charge in [0.2, 0.25) is 0 Å². The number of ether oxygens (including phenoxy) is 1. The molecule has 0 aliphatic carbocycles. The van der Waals surface area contributed by atoms with Gasteiger partial charge in [0, 0.05) is 19.6 Å². The van der Waals surface area contributed by atoms with E-state index in [0.717, 1.165) is 0 Å². The number of aliphatic hydroxyl groups excluding tert-OH is 10. The van der Waals surface area contributed by atoms with E-state index in [1.165, 1.54) is 4.90 Å². The van der Waals surface area contributed by atoms with Crippen molar-refractivity contribution in [1.29, 1.82) is 0 Å². The first-order valence-electron chi connectivity index (χ1n) is 10.8. The van der Waals surface area contributed by atoms with Crippen molar-refractivity contribution in [3.05, 3.63) is 35.4 Å². The number of amides is 1. The summed E-state index contributed by atoms with van der Waals surface area (Å²) in [6.07, 6.45) is -15.2. The number of primary amides is 1. The molecule has 0 spiro atoms. The highest BCUT2D eigenvalue weighted by molar-refractivity contribution is 5.64. The molecule has 1 amide bonds. The van der Waals surface area contributed by atoms with E-state index < -0.39 is 81.2 Å². The molecule has 14 nitrogen and oxygen atoms in total. The zero-order valence-corrected chi connectivity index (χ0v) is 19.0. The van der Waals surface area contributed by atoms with Crippen molar-refractivity contribution < 1.29 is 60.6 Å². The van der Waals surface area contributed by atoms with Crippen molar-refractivity contribution in [3.63, 3.8) is 0 Å². The molecular formula is C21H36N2O12. The number of nitrogens with zero attached hydrogens (tertiary/aromatic N) is 1. The van der Waals surface area contributed by atoms with Gasteiger partial charge in [0.25, 0.3) is 0 Å². The summed E-state index contributed by atoms with van der Waals surface area (Å²) in [7, 11) is 0. The summed E-state index contributed by atoms with van der Waals surface area (Å²) in [4.78, 5) is 12.1. The average molecular weight is 509 g/mol. The number of benzene rings is 1. The molecule has 0 unspecified atom stereocenters. The normalized spacial score (nSPS) is 18.8. The van der Waals surface area contributed by atoms with Crippen molar-refractivity contribution in [2.24, 2.45) is 5.73 Å². The van der Waals surface area contributed by atoms with Crippen molar-refractivity contribution in [2.45, 2.75) is 62.0 Å². The van der Waals surface area contributed by atoms with Gasteiger partial charge >= 0.3 is 6.09 Å². The molecule has 0 aliphatic rings. The van der Waals surface area contributed by atoms with Crippen LogP contribution in [0.5, 0.6) is 0 Å². The second-order valence-corrected chi connectivity index (χ2v) is 8.22. The Labute approximate surface area is 201 Å². The molecule has 1 aromatic carbocycles. The maximum absolute atomic E-state index is 10.7. The molecule has 0 saturated carbocycles. The molecule has 0 fully saturated rings. The van der Waals surface area contributed by atoms with E-state index in [1.54, 1.807) is 24.3 Å². The molecule has 0 aliphatic heterocycles. The Morgan fingerprint density at radius 2 is 1.09 bits per heavy atom. The molecule has 12 N–H and O–H groups in total. The SMILES string of the molecule is NC(=O)OCc1ccc(CN(C[C@H](O)[C@@H](O)[C@H](O)[C@H](O)CO)C[C@H](O)[C@@H](O)[C@H](O)[C@H](O)CO)cc1. The molecular weight excluding hydrogens is 472 g/mol. The van der Waals surface area contributed by atoms with Gasteiger partial charge in [-0.3, -0.25) is 4.90 Å². The van der Waals surface area contributed by atoms with E-state index in [0.29, 0.717) is 11.1 Å². The highest BCUT2D eigenvalue weighted by Crippen LogP contribution is 2.14. The van der Waals surface area contributed by atoms with Crippen LogP contribution in [0.2, 0.25) is 0 Å². The Bertz CT molecular complexity index is 710. The van der Waals surface area contributed by atoms with Crippen molar-refractivity contribution in [2.75, 3.05) is 26.3 Å². The van der Waals surface area contributed by atoms with Crippen LogP contribution in [0.4, 0.5) is 4.79 Å². The summed E-state index contributed by atoms with van der Waals surface area (Å²) in [5.74, 6) is 0. The molecule has 1 rings (SSSR count). The predicted molar refractivity (Wildman–Crippen MR) is 118 cm³/mol. The lowest BCUT2D eigenvalue weighted by molar-refractivity contribution is -0.131. The second-order valence-electron chi connectivity index (χ2n) is 8.22. The molecule has 0 radical (unpaired) electrons. The number of nitrogens with two attached hydrogens (primary N) is 1. The Morgan fingerprint density at radius 3 is 1.46 bits per heavy atom. The van der Waals surface area contributed by atoms with Crippen LogP contribution in [0, 0.1) is 0 Å². The van der Waals surface area contributed by atoms with Crippen LogP contribution >= 0.6 is 0 Å². The first kappa shape index (κ1) is 31.1. The third kappa shape index (κ3) is 10.3. The molecule has 0 aromatic heterocycles. The molecule has 1 aromatic rings. The summed E-state index contributed by atoms with van der Waals surface area (Å²) >= 11 is 0. The maximum atomic E-state index is 10.7. The Balaban J connectivity index is 2.98.